The maximum atomic E-state index is 13.9. The number of para-hydroxylation sites is 1. The average Bonchev–Trinajstić information content (AvgIpc) is 2.84. The molecule has 0 atom stereocenters. The fraction of sp³-hybridized carbons (Fsp3) is 0. The number of nitrogens with two attached hydrogens (primary N) is 1. The summed E-state index contributed by atoms with van der Waals surface area (Å²) in [5, 5.41) is 2.16. The van der Waals surface area contributed by atoms with E-state index in [2.05, 4.69) is 4.98 Å². The Balaban J connectivity index is 2.14. The zero-order valence-corrected chi connectivity index (χ0v) is 11.1. The molecule has 2 N–H and O–H groups in total. The normalized spacial score (nSPS) is 11.3. The SMILES string of the molecule is Nc1nc2c(F)cccc2n1-c1cccc2ccccc12. The molecule has 3 aromatic carbocycles. The highest BCUT2D eigenvalue weighted by Crippen LogP contribution is 2.29. The molecule has 102 valence electrons. The first kappa shape index (κ1) is 11.9. The molecule has 1 aromatic heterocycles. The van der Waals surface area contributed by atoms with Crippen LogP contribution in [0.1, 0.15) is 0 Å². The Bertz CT molecular complexity index is 967. The molecule has 0 amide bonds. The Hall–Kier alpha value is -2.88. The van der Waals surface area contributed by atoms with Gasteiger partial charge in [-0.3, -0.25) is 4.57 Å². The largest absolute Gasteiger partial charge is 0.369 e. The van der Waals surface area contributed by atoms with Gasteiger partial charge in [0.1, 0.15) is 5.52 Å². The van der Waals surface area contributed by atoms with Crippen molar-refractivity contribution in [2.24, 2.45) is 0 Å². The summed E-state index contributed by atoms with van der Waals surface area (Å²) in [5.41, 5.74) is 7.90. The summed E-state index contributed by atoms with van der Waals surface area (Å²) >= 11 is 0. The van der Waals surface area contributed by atoms with Crippen molar-refractivity contribution in [1.82, 2.24) is 9.55 Å². The molecule has 0 aliphatic rings. The fourth-order valence-corrected chi connectivity index (χ4v) is 2.74. The van der Waals surface area contributed by atoms with Crippen molar-refractivity contribution in [1.29, 1.82) is 0 Å². The summed E-state index contributed by atoms with van der Waals surface area (Å²) in [7, 11) is 0. The van der Waals surface area contributed by atoms with Gasteiger partial charge in [0.15, 0.2) is 5.82 Å². The maximum Gasteiger partial charge on any atom is 0.206 e. The van der Waals surface area contributed by atoms with Crippen LogP contribution in [0.15, 0.2) is 60.7 Å². The van der Waals surface area contributed by atoms with E-state index >= 15 is 0 Å². The Morgan fingerprint density at radius 2 is 1.67 bits per heavy atom. The molecule has 0 saturated carbocycles. The minimum Gasteiger partial charge on any atom is -0.369 e. The third-order valence-electron chi connectivity index (χ3n) is 3.67. The third kappa shape index (κ3) is 1.69. The number of anilines is 1. The number of aromatic nitrogens is 2. The van der Waals surface area contributed by atoms with Gasteiger partial charge in [0.05, 0.1) is 11.2 Å². The fourth-order valence-electron chi connectivity index (χ4n) is 2.74. The van der Waals surface area contributed by atoms with E-state index in [4.69, 9.17) is 5.73 Å². The summed E-state index contributed by atoms with van der Waals surface area (Å²) in [5.74, 6) is -0.0790. The van der Waals surface area contributed by atoms with Crippen molar-refractivity contribution in [2.45, 2.75) is 0 Å². The van der Waals surface area contributed by atoms with Gasteiger partial charge in [0.2, 0.25) is 5.95 Å². The number of fused-ring (bicyclic) bond motifs is 2. The number of hydrogen-bond acceptors (Lipinski definition) is 2. The Morgan fingerprint density at radius 1 is 0.905 bits per heavy atom. The van der Waals surface area contributed by atoms with E-state index in [0.29, 0.717) is 11.0 Å². The van der Waals surface area contributed by atoms with Crippen LogP contribution < -0.4 is 5.73 Å². The second-order valence-corrected chi connectivity index (χ2v) is 4.91. The maximum absolute atomic E-state index is 13.9. The standard InChI is InChI=1S/C17H12FN3/c18-13-8-4-10-15-16(13)20-17(19)21(15)14-9-3-6-11-5-1-2-7-12(11)14/h1-10H,(H2,19,20). The van der Waals surface area contributed by atoms with Crippen molar-refractivity contribution in [3.8, 4) is 5.69 Å². The molecule has 0 spiro atoms. The highest BCUT2D eigenvalue weighted by atomic mass is 19.1. The number of rotatable bonds is 1. The van der Waals surface area contributed by atoms with E-state index in [1.165, 1.54) is 6.07 Å². The predicted octanol–water partition coefficient (Wildman–Crippen LogP) is 3.90. The van der Waals surface area contributed by atoms with E-state index in [1.807, 2.05) is 48.5 Å². The van der Waals surface area contributed by atoms with E-state index in [0.717, 1.165) is 16.5 Å². The van der Waals surface area contributed by atoms with E-state index in [1.54, 1.807) is 10.6 Å². The molecule has 4 aromatic rings. The first-order valence-electron chi connectivity index (χ1n) is 6.66. The highest BCUT2D eigenvalue weighted by Gasteiger charge is 2.14. The van der Waals surface area contributed by atoms with Gasteiger partial charge < -0.3 is 5.73 Å². The molecule has 0 unspecified atom stereocenters. The second-order valence-electron chi connectivity index (χ2n) is 4.91. The molecular formula is C17H12FN3. The van der Waals surface area contributed by atoms with Crippen LogP contribution >= 0.6 is 0 Å². The van der Waals surface area contributed by atoms with Crippen LogP contribution in [0, 0.1) is 5.82 Å². The first-order valence-corrected chi connectivity index (χ1v) is 6.66. The molecule has 0 saturated heterocycles. The van der Waals surface area contributed by atoms with Crippen molar-refractivity contribution >= 4 is 27.8 Å². The molecule has 0 aliphatic carbocycles. The lowest BCUT2D eigenvalue weighted by Gasteiger charge is -2.10. The van der Waals surface area contributed by atoms with Crippen LogP contribution in [0.25, 0.3) is 27.5 Å². The molecule has 0 fully saturated rings. The van der Waals surface area contributed by atoms with Gasteiger partial charge in [-0.1, -0.05) is 42.5 Å². The number of imidazole rings is 1. The van der Waals surface area contributed by atoms with Gasteiger partial charge >= 0.3 is 0 Å². The molecular weight excluding hydrogens is 265 g/mol. The van der Waals surface area contributed by atoms with Crippen molar-refractivity contribution in [2.75, 3.05) is 5.73 Å². The molecule has 3 nitrogen and oxygen atoms in total. The highest BCUT2D eigenvalue weighted by molar-refractivity contribution is 5.93. The van der Waals surface area contributed by atoms with Crippen LogP contribution in [-0.4, -0.2) is 9.55 Å². The smallest absolute Gasteiger partial charge is 0.206 e. The molecule has 4 heteroatoms. The predicted molar refractivity (Wildman–Crippen MR) is 82.9 cm³/mol. The van der Waals surface area contributed by atoms with Crippen LogP contribution in [0.2, 0.25) is 0 Å². The van der Waals surface area contributed by atoms with Gasteiger partial charge in [-0.15, -0.1) is 0 Å². The van der Waals surface area contributed by atoms with Crippen LogP contribution in [0.4, 0.5) is 10.3 Å². The summed E-state index contributed by atoms with van der Waals surface area (Å²) in [4.78, 5) is 4.16. The van der Waals surface area contributed by atoms with Crippen LogP contribution in [0.3, 0.4) is 0 Å². The summed E-state index contributed by atoms with van der Waals surface area (Å²) in [6.07, 6.45) is 0. The number of hydrogen-bond donors (Lipinski definition) is 1. The molecule has 0 aliphatic heterocycles. The number of nitrogens with zero attached hydrogens (tertiary/aromatic N) is 2. The van der Waals surface area contributed by atoms with Crippen LogP contribution in [0.5, 0.6) is 0 Å². The monoisotopic (exact) mass is 277 g/mol. The van der Waals surface area contributed by atoms with Crippen molar-refractivity contribution in [3.63, 3.8) is 0 Å². The Morgan fingerprint density at radius 3 is 2.57 bits per heavy atom. The van der Waals surface area contributed by atoms with E-state index in [9.17, 15) is 4.39 Å². The third-order valence-corrected chi connectivity index (χ3v) is 3.67. The lowest BCUT2D eigenvalue weighted by Crippen LogP contribution is -2.01. The molecule has 4 rings (SSSR count). The van der Waals surface area contributed by atoms with Crippen molar-refractivity contribution < 1.29 is 4.39 Å². The molecule has 0 radical (unpaired) electrons. The number of halogens is 1. The van der Waals surface area contributed by atoms with Gasteiger partial charge in [-0.2, -0.15) is 0 Å². The number of nitrogen functional groups attached to an aromatic ring is 1. The topological polar surface area (TPSA) is 43.8 Å². The lowest BCUT2D eigenvalue weighted by atomic mass is 10.1. The zero-order chi connectivity index (χ0) is 14.4. The molecule has 21 heavy (non-hydrogen) atoms. The van der Waals surface area contributed by atoms with Gasteiger partial charge in [0, 0.05) is 5.39 Å². The Labute approximate surface area is 120 Å². The molecule has 1 heterocycles. The summed E-state index contributed by atoms with van der Waals surface area (Å²) in [6.45, 7) is 0. The average molecular weight is 277 g/mol. The quantitative estimate of drug-likeness (QED) is 0.573. The first-order chi connectivity index (χ1) is 10.3. The van der Waals surface area contributed by atoms with Gasteiger partial charge in [0.25, 0.3) is 0 Å². The van der Waals surface area contributed by atoms with Gasteiger partial charge in [-0.25, -0.2) is 9.37 Å². The van der Waals surface area contributed by atoms with Crippen molar-refractivity contribution in [3.05, 3.63) is 66.5 Å². The lowest BCUT2D eigenvalue weighted by molar-refractivity contribution is 0.637. The van der Waals surface area contributed by atoms with Crippen LogP contribution in [-0.2, 0) is 0 Å². The summed E-state index contributed by atoms with van der Waals surface area (Å²) < 4.78 is 15.7. The second kappa shape index (κ2) is 4.31. The van der Waals surface area contributed by atoms with E-state index < -0.39 is 0 Å². The Kier molecular flexibility index (Phi) is 2.44. The van der Waals surface area contributed by atoms with Gasteiger partial charge in [-0.05, 0) is 23.6 Å². The minimum atomic E-state index is -0.363. The number of benzene rings is 3. The molecule has 0 bridgehead atoms. The summed E-state index contributed by atoms with van der Waals surface area (Å²) in [6, 6.07) is 18.9. The minimum absolute atomic E-state index is 0.284. The zero-order valence-electron chi connectivity index (χ0n) is 11.1. The van der Waals surface area contributed by atoms with E-state index in [-0.39, 0.29) is 11.8 Å².